The molecule has 23 heavy (non-hydrogen) atoms. The van der Waals surface area contributed by atoms with Gasteiger partial charge >= 0.3 is 6.03 Å². The van der Waals surface area contributed by atoms with Crippen molar-refractivity contribution < 1.29 is 13.9 Å². The number of ether oxygens (including phenoxy) is 1. The number of hydrogen-bond donors (Lipinski definition) is 1. The molecule has 3 rings (SSSR count). The highest BCUT2D eigenvalue weighted by Crippen LogP contribution is 2.20. The summed E-state index contributed by atoms with van der Waals surface area (Å²) < 4.78 is 18.3. The first kappa shape index (κ1) is 16.2. The van der Waals surface area contributed by atoms with Gasteiger partial charge in [0.05, 0.1) is 13.2 Å². The highest BCUT2D eigenvalue weighted by Gasteiger charge is 2.24. The maximum Gasteiger partial charge on any atom is 0.321 e. The van der Waals surface area contributed by atoms with E-state index >= 15 is 0 Å². The highest BCUT2D eigenvalue weighted by molar-refractivity contribution is 5.89. The van der Waals surface area contributed by atoms with Crippen molar-refractivity contribution >= 4 is 11.7 Å². The van der Waals surface area contributed by atoms with E-state index in [4.69, 9.17) is 4.74 Å². The van der Waals surface area contributed by atoms with Gasteiger partial charge < -0.3 is 15.0 Å². The summed E-state index contributed by atoms with van der Waals surface area (Å²) in [7, 11) is 0. The van der Waals surface area contributed by atoms with Crippen molar-refractivity contribution in [3.8, 4) is 0 Å². The molecule has 126 valence electrons. The summed E-state index contributed by atoms with van der Waals surface area (Å²) >= 11 is 0. The molecule has 0 radical (unpaired) electrons. The van der Waals surface area contributed by atoms with Crippen molar-refractivity contribution in [3.05, 3.63) is 30.1 Å². The van der Waals surface area contributed by atoms with E-state index in [2.05, 4.69) is 10.2 Å². The molecular formula is C17H24FN3O2. The van der Waals surface area contributed by atoms with Crippen LogP contribution in [0.4, 0.5) is 14.9 Å². The number of carbonyl (C=O) groups is 1. The van der Waals surface area contributed by atoms with Gasteiger partial charge in [-0.1, -0.05) is 0 Å². The molecule has 0 unspecified atom stereocenters. The van der Waals surface area contributed by atoms with Crippen LogP contribution in [0, 0.1) is 11.7 Å². The summed E-state index contributed by atoms with van der Waals surface area (Å²) in [5.41, 5.74) is 0.631. The third-order valence-electron chi connectivity index (χ3n) is 4.62. The summed E-state index contributed by atoms with van der Waals surface area (Å²) in [6, 6.07) is 5.77. The number of carbonyl (C=O) groups excluding carboxylic acids is 1. The van der Waals surface area contributed by atoms with Crippen LogP contribution in [0.5, 0.6) is 0 Å². The fourth-order valence-corrected chi connectivity index (χ4v) is 3.20. The van der Waals surface area contributed by atoms with E-state index < -0.39 is 0 Å². The van der Waals surface area contributed by atoms with Gasteiger partial charge in [-0.05, 0) is 43.0 Å². The number of urea groups is 1. The fourth-order valence-electron chi connectivity index (χ4n) is 3.20. The standard InChI is InChI=1S/C17H24FN3O2/c18-15-1-3-16(4-2-15)19-17(22)21-7-5-14(6-8-21)13-20-9-11-23-12-10-20/h1-4,14H,5-13H2,(H,19,22). The zero-order chi connectivity index (χ0) is 16.1. The first-order valence-electron chi connectivity index (χ1n) is 8.32. The number of piperidine rings is 1. The molecule has 1 N–H and O–H groups in total. The largest absolute Gasteiger partial charge is 0.379 e. The molecule has 1 aromatic carbocycles. The average molecular weight is 321 g/mol. The Morgan fingerprint density at radius 1 is 1.13 bits per heavy atom. The first-order chi connectivity index (χ1) is 11.2. The SMILES string of the molecule is O=C(Nc1ccc(F)cc1)N1CCC(CN2CCOCC2)CC1. The first-order valence-corrected chi connectivity index (χ1v) is 8.32. The minimum Gasteiger partial charge on any atom is -0.379 e. The fraction of sp³-hybridized carbons (Fsp3) is 0.588. The molecule has 6 heteroatoms. The number of hydrogen-bond acceptors (Lipinski definition) is 3. The number of likely N-dealkylation sites (tertiary alicyclic amines) is 1. The summed E-state index contributed by atoms with van der Waals surface area (Å²) in [6.45, 7) is 6.37. The van der Waals surface area contributed by atoms with Crippen LogP contribution in [0.25, 0.3) is 0 Å². The molecule has 0 aliphatic carbocycles. The van der Waals surface area contributed by atoms with E-state index in [1.54, 1.807) is 12.1 Å². The lowest BCUT2D eigenvalue weighted by Gasteiger charge is -2.36. The molecule has 2 aliphatic rings. The Hall–Kier alpha value is -1.66. The third-order valence-corrected chi connectivity index (χ3v) is 4.62. The number of anilines is 1. The summed E-state index contributed by atoms with van der Waals surface area (Å²) in [5, 5.41) is 2.83. The molecule has 2 amide bonds. The molecule has 0 atom stereocenters. The van der Waals surface area contributed by atoms with Gasteiger partial charge in [0.25, 0.3) is 0 Å². The number of amides is 2. The van der Waals surface area contributed by atoms with Gasteiger partial charge in [0, 0.05) is 38.4 Å². The van der Waals surface area contributed by atoms with Crippen molar-refractivity contribution in [2.45, 2.75) is 12.8 Å². The predicted octanol–water partition coefficient (Wildman–Crippen LogP) is 2.40. The number of nitrogens with zero attached hydrogens (tertiary/aromatic N) is 2. The minimum absolute atomic E-state index is 0.0959. The summed E-state index contributed by atoms with van der Waals surface area (Å²) in [6.07, 6.45) is 2.07. The Balaban J connectivity index is 1.42. The number of morpholine rings is 1. The zero-order valence-corrected chi connectivity index (χ0v) is 13.3. The van der Waals surface area contributed by atoms with E-state index in [0.29, 0.717) is 11.6 Å². The predicted molar refractivity (Wildman–Crippen MR) is 87.0 cm³/mol. The van der Waals surface area contributed by atoms with Crippen LogP contribution in [0.2, 0.25) is 0 Å². The highest BCUT2D eigenvalue weighted by atomic mass is 19.1. The maximum absolute atomic E-state index is 12.9. The zero-order valence-electron chi connectivity index (χ0n) is 13.3. The lowest BCUT2D eigenvalue weighted by atomic mass is 9.96. The quantitative estimate of drug-likeness (QED) is 0.930. The second-order valence-electron chi connectivity index (χ2n) is 6.28. The molecule has 1 aromatic rings. The van der Waals surface area contributed by atoms with Crippen LogP contribution >= 0.6 is 0 Å². The molecule has 0 aromatic heterocycles. The van der Waals surface area contributed by atoms with E-state index in [-0.39, 0.29) is 11.8 Å². The van der Waals surface area contributed by atoms with Crippen molar-refractivity contribution in [3.63, 3.8) is 0 Å². The van der Waals surface area contributed by atoms with E-state index in [0.717, 1.165) is 58.8 Å². The van der Waals surface area contributed by atoms with E-state index in [1.165, 1.54) is 12.1 Å². The van der Waals surface area contributed by atoms with Crippen LogP contribution in [-0.2, 0) is 4.74 Å². The second kappa shape index (κ2) is 7.75. The van der Waals surface area contributed by atoms with E-state index in [1.807, 2.05) is 4.90 Å². The summed E-state index contributed by atoms with van der Waals surface area (Å²) in [4.78, 5) is 16.6. The summed E-state index contributed by atoms with van der Waals surface area (Å²) in [5.74, 6) is 0.356. The second-order valence-corrected chi connectivity index (χ2v) is 6.28. The topological polar surface area (TPSA) is 44.8 Å². The Morgan fingerprint density at radius 2 is 1.78 bits per heavy atom. The Morgan fingerprint density at radius 3 is 2.43 bits per heavy atom. The van der Waals surface area contributed by atoms with Crippen molar-refractivity contribution in [2.75, 3.05) is 51.3 Å². The lowest BCUT2D eigenvalue weighted by Crippen LogP contribution is -2.45. The lowest BCUT2D eigenvalue weighted by molar-refractivity contribution is 0.0260. The number of rotatable bonds is 3. The maximum atomic E-state index is 12.9. The Labute approximate surface area is 136 Å². The van der Waals surface area contributed by atoms with Crippen LogP contribution in [-0.4, -0.2) is 61.8 Å². The van der Waals surface area contributed by atoms with E-state index in [9.17, 15) is 9.18 Å². The molecule has 2 saturated heterocycles. The van der Waals surface area contributed by atoms with Crippen LogP contribution in [0.1, 0.15) is 12.8 Å². The smallest absolute Gasteiger partial charge is 0.321 e. The number of nitrogens with one attached hydrogen (secondary N) is 1. The molecule has 2 heterocycles. The van der Waals surface area contributed by atoms with Crippen LogP contribution in [0.15, 0.2) is 24.3 Å². The monoisotopic (exact) mass is 321 g/mol. The molecule has 5 nitrogen and oxygen atoms in total. The third kappa shape index (κ3) is 4.65. The molecule has 0 bridgehead atoms. The minimum atomic E-state index is -0.299. The van der Waals surface area contributed by atoms with Gasteiger partial charge in [0.15, 0.2) is 0 Å². The number of benzene rings is 1. The van der Waals surface area contributed by atoms with Crippen LogP contribution in [0.3, 0.4) is 0 Å². The van der Waals surface area contributed by atoms with Crippen molar-refractivity contribution in [2.24, 2.45) is 5.92 Å². The van der Waals surface area contributed by atoms with Gasteiger partial charge in [-0.3, -0.25) is 4.90 Å². The molecule has 0 spiro atoms. The molecule has 2 aliphatic heterocycles. The molecule has 2 fully saturated rings. The Kier molecular flexibility index (Phi) is 5.46. The van der Waals surface area contributed by atoms with Crippen molar-refractivity contribution in [1.29, 1.82) is 0 Å². The van der Waals surface area contributed by atoms with Gasteiger partial charge in [0.2, 0.25) is 0 Å². The van der Waals surface area contributed by atoms with Crippen LogP contribution < -0.4 is 5.32 Å². The molecular weight excluding hydrogens is 297 g/mol. The average Bonchev–Trinajstić information content (AvgIpc) is 2.58. The number of halogens is 1. The van der Waals surface area contributed by atoms with Gasteiger partial charge in [0.1, 0.15) is 5.82 Å². The Bertz CT molecular complexity index is 509. The normalized spacial score (nSPS) is 20.5. The van der Waals surface area contributed by atoms with Gasteiger partial charge in [-0.2, -0.15) is 0 Å². The van der Waals surface area contributed by atoms with Gasteiger partial charge in [-0.15, -0.1) is 0 Å². The van der Waals surface area contributed by atoms with Gasteiger partial charge in [-0.25, -0.2) is 9.18 Å². The molecule has 0 saturated carbocycles. The van der Waals surface area contributed by atoms with Crippen molar-refractivity contribution in [1.82, 2.24) is 9.80 Å².